The number of aromatic amines is 1. The summed E-state index contributed by atoms with van der Waals surface area (Å²) < 4.78 is 7.14. The standard InChI is InChI=1S/C12H10N4O4/c1-2-12-10(18)11(12,19)3-6(20-12)16-5-15-7-8(16)13-4-14-9(7)17/h1,4-6,10,18-19H,3H2,(H,13,14,17)/t6-,10?,11-,12-/m1/s1. The minimum Gasteiger partial charge on any atom is -0.386 e. The van der Waals surface area contributed by atoms with Crippen molar-refractivity contribution in [3.8, 4) is 12.3 Å². The molecule has 2 fully saturated rings. The lowest BCUT2D eigenvalue weighted by Crippen LogP contribution is -2.21. The van der Waals surface area contributed by atoms with Crippen molar-refractivity contribution in [2.45, 2.75) is 30.0 Å². The highest BCUT2D eigenvalue weighted by Gasteiger charge is 2.83. The molecule has 1 saturated heterocycles. The minimum atomic E-state index is -1.45. The molecule has 2 aliphatic rings. The fourth-order valence-electron chi connectivity index (χ4n) is 2.89. The van der Waals surface area contributed by atoms with Crippen LogP contribution in [-0.4, -0.2) is 47.0 Å². The van der Waals surface area contributed by atoms with E-state index >= 15 is 0 Å². The van der Waals surface area contributed by atoms with Crippen LogP contribution in [0.25, 0.3) is 11.2 Å². The zero-order valence-electron chi connectivity index (χ0n) is 10.1. The molecule has 3 N–H and O–H groups in total. The number of aliphatic hydroxyl groups excluding tert-OH is 1. The third-order valence-electron chi connectivity index (χ3n) is 4.09. The van der Waals surface area contributed by atoms with E-state index in [2.05, 4.69) is 20.9 Å². The third kappa shape index (κ3) is 1.07. The maximum atomic E-state index is 11.6. The Labute approximate surface area is 112 Å². The Bertz CT molecular complexity index is 821. The third-order valence-corrected chi connectivity index (χ3v) is 4.09. The van der Waals surface area contributed by atoms with Crippen LogP contribution < -0.4 is 5.56 Å². The van der Waals surface area contributed by atoms with Gasteiger partial charge in [0.2, 0.25) is 0 Å². The highest BCUT2D eigenvalue weighted by atomic mass is 16.6. The molecule has 20 heavy (non-hydrogen) atoms. The van der Waals surface area contributed by atoms with Crippen LogP contribution in [0.15, 0.2) is 17.4 Å². The average molecular weight is 274 g/mol. The van der Waals surface area contributed by atoms with Gasteiger partial charge >= 0.3 is 0 Å². The molecule has 1 aliphatic carbocycles. The first-order valence-electron chi connectivity index (χ1n) is 6.00. The van der Waals surface area contributed by atoms with Gasteiger partial charge in [-0.25, -0.2) is 9.97 Å². The summed E-state index contributed by atoms with van der Waals surface area (Å²) in [5.74, 6) is 2.31. The lowest BCUT2D eigenvalue weighted by atomic mass is 10.2. The van der Waals surface area contributed by atoms with Gasteiger partial charge < -0.3 is 19.9 Å². The molecule has 0 radical (unpaired) electrons. The summed E-state index contributed by atoms with van der Waals surface area (Å²) in [6, 6.07) is 0. The van der Waals surface area contributed by atoms with Gasteiger partial charge in [-0.1, -0.05) is 5.92 Å². The summed E-state index contributed by atoms with van der Waals surface area (Å²) in [6.45, 7) is 0. The highest BCUT2D eigenvalue weighted by Crippen LogP contribution is 2.62. The van der Waals surface area contributed by atoms with Gasteiger partial charge in [-0.05, 0) is 0 Å². The first-order valence-corrected chi connectivity index (χ1v) is 6.00. The molecule has 2 aromatic heterocycles. The molecule has 3 heterocycles. The highest BCUT2D eigenvalue weighted by molar-refractivity contribution is 5.69. The zero-order chi connectivity index (χ0) is 14.1. The summed E-state index contributed by atoms with van der Waals surface area (Å²) in [4.78, 5) is 22.0. The second kappa shape index (κ2) is 3.27. The number of rotatable bonds is 1. The van der Waals surface area contributed by atoms with Crippen LogP contribution in [0.4, 0.5) is 0 Å². The number of H-pyrrole nitrogens is 1. The van der Waals surface area contributed by atoms with Crippen molar-refractivity contribution in [3.05, 3.63) is 23.0 Å². The number of nitrogens with zero attached hydrogens (tertiary/aromatic N) is 3. The number of fused-ring (bicyclic) bond motifs is 2. The van der Waals surface area contributed by atoms with Crippen molar-refractivity contribution in [2.24, 2.45) is 0 Å². The number of terminal acetylenes is 1. The molecule has 0 bridgehead atoms. The number of ether oxygens (including phenoxy) is 1. The summed E-state index contributed by atoms with van der Waals surface area (Å²) in [7, 11) is 0. The molecule has 1 unspecified atom stereocenters. The molecule has 4 atom stereocenters. The Morgan fingerprint density at radius 2 is 2.40 bits per heavy atom. The molecule has 1 aliphatic heterocycles. The normalized spacial score (nSPS) is 38.6. The lowest BCUT2D eigenvalue weighted by molar-refractivity contribution is -0.0379. The number of imidazole rings is 1. The number of hydrogen-bond donors (Lipinski definition) is 3. The van der Waals surface area contributed by atoms with Gasteiger partial charge in [-0.3, -0.25) is 9.36 Å². The first-order chi connectivity index (χ1) is 9.53. The summed E-state index contributed by atoms with van der Waals surface area (Å²) in [5, 5.41) is 20.0. The first kappa shape index (κ1) is 11.6. The average Bonchev–Trinajstić information content (AvgIpc) is 2.84. The Morgan fingerprint density at radius 1 is 1.60 bits per heavy atom. The van der Waals surface area contributed by atoms with E-state index in [0.717, 1.165) is 0 Å². The van der Waals surface area contributed by atoms with Gasteiger partial charge in [0.25, 0.3) is 5.56 Å². The van der Waals surface area contributed by atoms with Gasteiger partial charge in [0.05, 0.1) is 12.7 Å². The molecule has 0 spiro atoms. The van der Waals surface area contributed by atoms with Gasteiger partial charge in [-0.15, -0.1) is 6.42 Å². The lowest BCUT2D eigenvalue weighted by Gasteiger charge is -2.17. The van der Waals surface area contributed by atoms with Crippen molar-refractivity contribution in [3.63, 3.8) is 0 Å². The van der Waals surface area contributed by atoms with E-state index in [9.17, 15) is 15.0 Å². The fourth-order valence-corrected chi connectivity index (χ4v) is 2.89. The molecule has 8 nitrogen and oxygen atoms in total. The Hall–Kier alpha value is -2.21. The summed E-state index contributed by atoms with van der Waals surface area (Å²) in [5.41, 5.74) is -2.67. The Morgan fingerprint density at radius 3 is 3.10 bits per heavy atom. The van der Waals surface area contributed by atoms with E-state index in [-0.39, 0.29) is 17.5 Å². The van der Waals surface area contributed by atoms with Crippen LogP contribution in [0.1, 0.15) is 12.6 Å². The Balaban J connectivity index is 1.79. The van der Waals surface area contributed by atoms with E-state index in [1.807, 2.05) is 0 Å². The summed E-state index contributed by atoms with van der Waals surface area (Å²) >= 11 is 0. The van der Waals surface area contributed by atoms with Crippen LogP contribution in [0, 0.1) is 12.3 Å². The molecule has 0 aromatic carbocycles. The molecule has 8 heteroatoms. The predicted octanol–water partition coefficient (Wildman–Crippen LogP) is -1.48. The number of hydrogen-bond acceptors (Lipinski definition) is 6. The maximum absolute atomic E-state index is 11.6. The largest absolute Gasteiger partial charge is 0.386 e. The summed E-state index contributed by atoms with van der Waals surface area (Å²) in [6.07, 6.45) is 6.40. The van der Waals surface area contributed by atoms with E-state index < -0.39 is 23.5 Å². The van der Waals surface area contributed by atoms with E-state index in [0.29, 0.717) is 5.65 Å². The number of aromatic nitrogens is 4. The van der Waals surface area contributed by atoms with Crippen molar-refractivity contribution < 1.29 is 14.9 Å². The van der Waals surface area contributed by atoms with E-state index in [4.69, 9.17) is 11.2 Å². The zero-order valence-corrected chi connectivity index (χ0v) is 10.1. The monoisotopic (exact) mass is 274 g/mol. The van der Waals surface area contributed by atoms with Crippen molar-refractivity contribution in [1.82, 2.24) is 19.5 Å². The van der Waals surface area contributed by atoms with Gasteiger partial charge in [0.1, 0.15) is 17.9 Å². The van der Waals surface area contributed by atoms with E-state index in [1.165, 1.54) is 17.2 Å². The SMILES string of the molecule is C#C[C@]12O[C@@H](n3cnc4c(=O)[nH]cnc43)C[C@@]1(O)C2O. The van der Waals surface area contributed by atoms with Gasteiger partial charge in [-0.2, -0.15) is 0 Å². The van der Waals surface area contributed by atoms with Crippen LogP contribution in [-0.2, 0) is 4.74 Å². The minimum absolute atomic E-state index is 0.109. The molecular formula is C12H10N4O4. The number of nitrogens with one attached hydrogen (secondary N) is 1. The van der Waals surface area contributed by atoms with Gasteiger partial charge in [0, 0.05) is 6.42 Å². The van der Waals surface area contributed by atoms with Crippen molar-refractivity contribution >= 4 is 11.2 Å². The van der Waals surface area contributed by atoms with Crippen LogP contribution in [0.5, 0.6) is 0 Å². The topological polar surface area (TPSA) is 113 Å². The smallest absolute Gasteiger partial charge is 0.278 e. The second-order valence-corrected chi connectivity index (χ2v) is 5.04. The second-order valence-electron chi connectivity index (χ2n) is 5.04. The van der Waals surface area contributed by atoms with Crippen LogP contribution >= 0.6 is 0 Å². The molecule has 102 valence electrons. The number of aliphatic hydroxyl groups is 2. The van der Waals surface area contributed by atoms with Crippen molar-refractivity contribution in [1.29, 1.82) is 0 Å². The van der Waals surface area contributed by atoms with Crippen molar-refractivity contribution in [2.75, 3.05) is 0 Å². The quantitative estimate of drug-likeness (QED) is 0.546. The predicted molar refractivity (Wildman–Crippen MR) is 65.4 cm³/mol. The van der Waals surface area contributed by atoms with Crippen LogP contribution in [0.2, 0.25) is 0 Å². The molecule has 4 rings (SSSR count). The Kier molecular flexibility index (Phi) is 1.90. The molecule has 2 aromatic rings. The molecular weight excluding hydrogens is 264 g/mol. The van der Waals surface area contributed by atoms with Gasteiger partial charge in [0.15, 0.2) is 16.8 Å². The van der Waals surface area contributed by atoms with E-state index in [1.54, 1.807) is 0 Å². The van der Waals surface area contributed by atoms with Crippen LogP contribution in [0.3, 0.4) is 0 Å². The molecule has 0 amide bonds. The maximum Gasteiger partial charge on any atom is 0.278 e. The fraction of sp³-hybridized carbons (Fsp3) is 0.417. The molecule has 1 saturated carbocycles.